The van der Waals surface area contributed by atoms with Gasteiger partial charge in [0.15, 0.2) is 6.10 Å². The summed E-state index contributed by atoms with van der Waals surface area (Å²) in [6, 6.07) is 0. The lowest BCUT2D eigenvalue weighted by Crippen LogP contribution is -2.30. The van der Waals surface area contributed by atoms with Crippen molar-refractivity contribution in [3.05, 3.63) is 0 Å². The molecule has 0 amide bonds. The van der Waals surface area contributed by atoms with Gasteiger partial charge in [-0.1, -0.05) is 253 Å². The molecule has 0 aliphatic rings. The van der Waals surface area contributed by atoms with E-state index in [1.165, 1.54) is 180 Å². The van der Waals surface area contributed by atoms with Crippen LogP contribution in [0.2, 0.25) is 0 Å². The molecule has 0 saturated carbocycles. The number of ether oxygens (including phenoxy) is 3. The molecule has 0 aliphatic heterocycles. The molecule has 6 nitrogen and oxygen atoms in total. The molecule has 6 heteroatoms. The zero-order valence-electron chi connectivity index (χ0n) is 40.4. The molecular weight excluding hydrogens is 733 g/mol. The summed E-state index contributed by atoms with van der Waals surface area (Å²) < 4.78 is 16.8. The number of carbonyl (C=O) groups excluding carboxylic acids is 3. The van der Waals surface area contributed by atoms with Crippen molar-refractivity contribution in [3.63, 3.8) is 0 Å². The third-order valence-electron chi connectivity index (χ3n) is 12.3. The first-order valence-corrected chi connectivity index (χ1v) is 26.3. The lowest BCUT2D eigenvalue weighted by atomic mass is 9.99. The molecule has 0 aliphatic carbocycles. The quantitative estimate of drug-likeness (QED) is 0.0345. The Kier molecular flexibility index (Phi) is 44.7. The van der Waals surface area contributed by atoms with Crippen LogP contribution in [0.5, 0.6) is 0 Å². The maximum atomic E-state index is 12.8. The van der Waals surface area contributed by atoms with Crippen molar-refractivity contribution in [1.82, 2.24) is 0 Å². The third kappa shape index (κ3) is 45.8. The van der Waals surface area contributed by atoms with Crippen LogP contribution < -0.4 is 0 Å². The van der Waals surface area contributed by atoms with Crippen LogP contribution in [0.25, 0.3) is 0 Å². The smallest absolute Gasteiger partial charge is 0.306 e. The van der Waals surface area contributed by atoms with E-state index < -0.39 is 6.10 Å². The third-order valence-corrected chi connectivity index (χ3v) is 12.3. The molecule has 0 fully saturated rings. The Labute approximate surface area is 368 Å². The van der Waals surface area contributed by atoms with Crippen LogP contribution in [-0.2, 0) is 28.6 Å². The van der Waals surface area contributed by atoms with E-state index in [-0.39, 0.29) is 31.1 Å². The van der Waals surface area contributed by atoms with E-state index >= 15 is 0 Å². The van der Waals surface area contributed by atoms with Gasteiger partial charge in [0.05, 0.1) is 0 Å². The van der Waals surface area contributed by atoms with E-state index in [9.17, 15) is 14.4 Å². The van der Waals surface area contributed by atoms with Crippen LogP contribution >= 0.6 is 0 Å². The fourth-order valence-corrected chi connectivity index (χ4v) is 7.96. The Morgan fingerprint density at radius 2 is 0.644 bits per heavy atom. The molecule has 0 N–H and O–H groups in total. The summed E-state index contributed by atoms with van der Waals surface area (Å²) in [6.07, 6.45) is 46.5. The zero-order chi connectivity index (χ0) is 43.3. The van der Waals surface area contributed by atoms with Crippen LogP contribution in [0.4, 0.5) is 0 Å². The van der Waals surface area contributed by atoms with Gasteiger partial charge in [-0.2, -0.15) is 0 Å². The second-order valence-electron chi connectivity index (χ2n) is 18.9. The average molecular weight is 835 g/mol. The molecule has 0 rings (SSSR count). The van der Waals surface area contributed by atoms with Gasteiger partial charge in [-0.25, -0.2) is 0 Å². The SMILES string of the molecule is CCCCCCCCCCCCCC(=O)OC[C@H](COC(=O)CCCCCCCCCCCCC(C)CC)OC(=O)CCCCCCCCCCCCCCCC(C)C. The number of hydrogen-bond acceptors (Lipinski definition) is 6. The fourth-order valence-electron chi connectivity index (χ4n) is 7.96. The number of unbranched alkanes of at least 4 members (excludes halogenated alkanes) is 31. The first kappa shape index (κ1) is 57.4. The van der Waals surface area contributed by atoms with Crippen LogP contribution in [0.1, 0.15) is 291 Å². The molecule has 0 aromatic carbocycles. The van der Waals surface area contributed by atoms with E-state index in [2.05, 4.69) is 34.6 Å². The van der Waals surface area contributed by atoms with Crippen molar-refractivity contribution in [1.29, 1.82) is 0 Å². The van der Waals surface area contributed by atoms with Gasteiger partial charge in [0.1, 0.15) is 13.2 Å². The minimum absolute atomic E-state index is 0.0636. The van der Waals surface area contributed by atoms with Gasteiger partial charge in [-0.05, 0) is 31.1 Å². The van der Waals surface area contributed by atoms with Gasteiger partial charge >= 0.3 is 17.9 Å². The van der Waals surface area contributed by atoms with Crippen LogP contribution in [0.3, 0.4) is 0 Å². The van der Waals surface area contributed by atoms with Crippen LogP contribution in [0, 0.1) is 11.8 Å². The summed E-state index contributed by atoms with van der Waals surface area (Å²) >= 11 is 0. The van der Waals surface area contributed by atoms with E-state index in [1.807, 2.05) is 0 Å². The normalized spacial score (nSPS) is 12.5. The summed E-state index contributed by atoms with van der Waals surface area (Å²) in [4.78, 5) is 37.9. The van der Waals surface area contributed by atoms with E-state index in [4.69, 9.17) is 14.2 Å². The summed E-state index contributed by atoms with van der Waals surface area (Å²) in [5, 5.41) is 0. The molecule has 0 aromatic heterocycles. The summed E-state index contributed by atoms with van der Waals surface area (Å²) in [6.45, 7) is 11.4. The van der Waals surface area contributed by atoms with E-state index in [0.717, 1.165) is 69.6 Å². The van der Waals surface area contributed by atoms with Crippen LogP contribution in [0.15, 0.2) is 0 Å². The zero-order valence-corrected chi connectivity index (χ0v) is 40.4. The molecule has 2 atom stereocenters. The van der Waals surface area contributed by atoms with Gasteiger partial charge in [-0.3, -0.25) is 14.4 Å². The highest BCUT2D eigenvalue weighted by Gasteiger charge is 2.19. The van der Waals surface area contributed by atoms with Crippen molar-refractivity contribution in [3.8, 4) is 0 Å². The molecule has 0 radical (unpaired) electrons. The topological polar surface area (TPSA) is 78.9 Å². The van der Waals surface area contributed by atoms with Gasteiger partial charge in [0.25, 0.3) is 0 Å². The first-order chi connectivity index (χ1) is 28.8. The van der Waals surface area contributed by atoms with E-state index in [0.29, 0.717) is 19.3 Å². The Morgan fingerprint density at radius 1 is 0.356 bits per heavy atom. The largest absolute Gasteiger partial charge is 0.462 e. The molecule has 59 heavy (non-hydrogen) atoms. The summed E-state index contributed by atoms with van der Waals surface area (Å²) in [5.74, 6) is 0.860. The van der Waals surface area contributed by atoms with Gasteiger partial charge in [0, 0.05) is 19.3 Å². The van der Waals surface area contributed by atoms with Crippen molar-refractivity contribution in [2.75, 3.05) is 13.2 Å². The second-order valence-corrected chi connectivity index (χ2v) is 18.9. The molecule has 0 aromatic rings. The molecule has 0 heterocycles. The molecule has 350 valence electrons. The molecule has 0 bridgehead atoms. The Morgan fingerprint density at radius 3 is 0.966 bits per heavy atom. The predicted octanol–water partition coefficient (Wildman–Crippen LogP) is 16.9. The predicted molar refractivity (Wildman–Crippen MR) is 252 cm³/mol. The monoisotopic (exact) mass is 835 g/mol. The lowest BCUT2D eigenvalue weighted by molar-refractivity contribution is -0.167. The van der Waals surface area contributed by atoms with Gasteiger partial charge in [0.2, 0.25) is 0 Å². The maximum absolute atomic E-state index is 12.8. The van der Waals surface area contributed by atoms with Crippen molar-refractivity contribution >= 4 is 17.9 Å². The molecule has 0 saturated heterocycles. The van der Waals surface area contributed by atoms with Crippen molar-refractivity contribution in [2.45, 2.75) is 298 Å². The summed E-state index contributed by atoms with van der Waals surface area (Å²) in [7, 11) is 0. The fraction of sp³-hybridized carbons (Fsp3) is 0.943. The Bertz CT molecular complexity index is 902. The molecular formula is C53H102O6. The lowest BCUT2D eigenvalue weighted by Gasteiger charge is -2.18. The minimum Gasteiger partial charge on any atom is -0.462 e. The number of carbonyl (C=O) groups is 3. The summed E-state index contributed by atoms with van der Waals surface area (Å²) in [5.41, 5.74) is 0. The van der Waals surface area contributed by atoms with Gasteiger partial charge < -0.3 is 14.2 Å². The highest BCUT2D eigenvalue weighted by Crippen LogP contribution is 2.18. The highest BCUT2D eigenvalue weighted by atomic mass is 16.6. The number of hydrogen-bond donors (Lipinski definition) is 0. The Hall–Kier alpha value is -1.59. The van der Waals surface area contributed by atoms with Crippen molar-refractivity contribution < 1.29 is 28.6 Å². The number of esters is 3. The highest BCUT2D eigenvalue weighted by molar-refractivity contribution is 5.71. The number of rotatable bonds is 47. The average Bonchev–Trinajstić information content (AvgIpc) is 3.22. The van der Waals surface area contributed by atoms with Crippen LogP contribution in [-0.4, -0.2) is 37.2 Å². The van der Waals surface area contributed by atoms with Gasteiger partial charge in [-0.15, -0.1) is 0 Å². The minimum atomic E-state index is -0.761. The Balaban J connectivity index is 4.31. The van der Waals surface area contributed by atoms with Crippen molar-refractivity contribution in [2.24, 2.45) is 11.8 Å². The first-order valence-electron chi connectivity index (χ1n) is 26.3. The molecule has 1 unspecified atom stereocenters. The van der Waals surface area contributed by atoms with E-state index in [1.54, 1.807) is 0 Å². The molecule has 0 spiro atoms. The maximum Gasteiger partial charge on any atom is 0.306 e. The standard InChI is InChI=1S/C53H102O6/c1-6-8-9-10-11-12-16-23-28-33-38-43-51(54)57-46-50(47-58-52(55)44-39-34-29-24-20-19-22-27-32-37-42-49(5)7-2)59-53(56)45-40-35-30-25-18-15-13-14-17-21-26-31-36-41-48(3)4/h48-50H,6-47H2,1-5H3/t49?,50-/m1/s1. The second kappa shape index (κ2) is 45.9.